The number of halogens is 1. The highest BCUT2D eigenvalue weighted by atomic mass is 35.5. The van der Waals surface area contributed by atoms with Gasteiger partial charge in [-0.2, -0.15) is 0 Å². The molecule has 3 aromatic heterocycles. The summed E-state index contributed by atoms with van der Waals surface area (Å²) >= 11 is 1.51. The van der Waals surface area contributed by atoms with Crippen molar-refractivity contribution < 1.29 is 12.9 Å². The van der Waals surface area contributed by atoms with Crippen LogP contribution >= 0.6 is 23.7 Å². The summed E-state index contributed by atoms with van der Waals surface area (Å²) in [7, 11) is -3.73. The van der Waals surface area contributed by atoms with Gasteiger partial charge in [-0.05, 0) is 32.4 Å². The van der Waals surface area contributed by atoms with Gasteiger partial charge in [-0.25, -0.2) is 23.1 Å². The molecular formula is C18H24ClN5O3S2. The number of rotatable bonds is 9. The fourth-order valence-corrected chi connectivity index (χ4v) is 5.16. The van der Waals surface area contributed by atoms with Gasteiger partial charge in [0.25, 0.3) is 0 Å². The summed E-state index contributed by atoms with van der Waals surface area (Å²) in [5, 5.41) is 8.96. The Morgan fingerprint density at radius 3 is 2.69 bits per heavy atom. The Balaban J connectivity index is 0.00000300. The zero-order valence-electron chi connectivity index (χ0n) is 16.4. The van der Waals surface area contributed by atoms with Crippen molar-refractivity contribution in [3.63, 3.8) is 0 Å². The van der Waals surface area contributed by atoms with Gasteiger partial charge in [0.1, 0.15) is 16.4 Å². The zero-order valence-corrected chi connectivity index (χ0v) is 18.8. The molecule has 3 rings (SSSR count). The van der Waals surface area contributed by atoms with Crippen LogP contribution in [0, 0.1) is 13.8 Å². The third-order valence-corrected chi connectivity index (χ3v) is 6.58. The number of hydrogen-bond acceptors (Lipinski definition) is 8. The lowest BCUT2D eigenvalue weighted by atomic mass is 10.1. The monoisotopic (exact) mass is 457 g/mol. The molecule has 29 heavy (non-hydrogen) atoms. The Bertz CT molecular complexity index is 1000. The lowest BCUT2D eigenvalue weighted by Gasteiger charge is -2.19. The lowest BCUT2D eigenvalue weighted by molar-refractivity contribution is 0.390. The van der Waals surface area contributed by atoms with Gasteiger partial charge >= 0.3 is 0 Å². The highest BCUT2D eigenvalue weighted by Gasteiger charge is 2.27. The van der Waals surface area contributed by atoms with Crippen LogP contribution in [0.25, 0.3) is 11.3 Å². The molecule has 0 saturated heterocycles. The number of pyridine rings is 1. The van der Waals surface area contributed by atoms with Crippen molar-refractivity contribution >= 4 is 39.6 Å². The van der Waals surface area contributed by atoms with Crippen LogP contribution in [0.1, 0.15) is 31.2 Å². The van der Waals surface area contributed by atoms with Crippen LogP contribution in [0.2, 0.25) is 0 Å². The minimum absolute atomic E-state index is 0. The number of hydrogen-bond donors (Lipinski definition) is 2. The van der Waals surface area contributed by atoms with Crippen LogP contribution < -0.4 is 10.0 Å². The summed E-state index contributed by atoms with van der Waals surface area (Å²) in [5.41, 5.74) is 3.84. The molecule has 2 N–H and O–H groups in total. The maximum atomic E-state index is 12.8. The Labute approximate surface area is 180 Å². The van der Waals surface area contributed by atoms with Crippen LogP contribution in [0.4, 0.5) is 5.82 Å². The van der Waals surface area contributed by atoms with E-state index in [1.165, 1.54) is 11.3 Å². The van der Waals surface area contributed by atoms with E-state index in [4.69, 9.17) is 4.52 Å². The molecule has 0 aliphatic carbocycles. The largest absolute Gasteiger partial charge is 0.368 e. The van der Waals surface area contributed by atoms with E-state index >= 15 is 0 Å². The van der Waals surface area contributed by atoms with Gasteiger partial charge in [0.05, 0.1) is 11.2 Å². The molecule has 1 unspecified atom stereocenters. The topological polar surface area (TPSA) is 110 Å². The molecule has 0 amide bonds. The summed E-state index contributed by atoms with van der Waals surface area (Å²) in [4.78, 5) is 8.83. The van der Waals surface area contributed by atoms with E-state index in [9.17, 15) is 8.42 Å². The molecule has 0 aliphatic heterocycles. The van der Waals surface area contributed by atoms with Crippen LogP contribution in [-0.4, -0.2) is 36.1 Å². The Morgan fingerprint density at radius 2 is 2.07 bits per heavy atom. The van der Waals surface area contributed by atoms with Gasteiger partial charge in [-0.15, -0.1) is 23.7 Å². The number of nitrogens with one attached hydrogen (secondary N) is 2. The van der Waals surface area contributed by atoms with E-state index < -0.39 is 10.0 Å². The van der Waals surface area contributed by atoms with E-state index in [1.807, 2.05) is 24.4 Å². The molecule has 0 aromatic carbocycles. The second-order valence-corrected chi connectivity index (χ2v) is 8.78. The molecule has 3 aromatic rings. The number of aromatic nitrogens is 3. The Morgan fingerprint density at radius 1 is 1.28 bits per heavy atom. The molecule has 0 bridgehead atoms. The number of nitrogens with zero attached hydrogens (tertiary/aromatic N) is 3. The minimum atomic E-state index is -3.73. The van der Waals surface area contributed by atoms with Gasteiger partial charge in [-0.1, -0.05) is 18.5 Å². The molecule has 3 heterocycles. The van der Waals surface area contributed by atoms with Gasteiger partial charge in [-0.3, -0.25) is 0 Å². The summed E-state index contributed by atoms with van der Waals surface area (Å²) in [6.45, 7) is 5.62. The predicted octanol–water partition coefficient (Wildman–Crippen LogP) is 3.79. The van der Waals surface area contributed by atoms with Crippen molar-refractivity contribution in [3.8, 4) is 11.3 Å². The van der Waals surface area contributed by atoms with Crippen LogP contribution in [0.3, 0.4) is 0 Å². The molecule has 0 aliphatic rings. The second-order valence-electron chi connectivity index (χ2n) is 6.41. The Kier molecular flexibility index (Phi) is 8.14. The minimum Gasteiger partial charge on any atom is -0.368 e. The first-order valence-corrected chi connectivity index (χ1v) is 11.4. The van der Waals surface area contributed by atoms with E-state index in [1.54, 1.807) is 25.6 Å². The average Bonchev–Trinajstić information content (AvgIpc) is 3.30. The average molecular weight is 458 g/mol. The zero-order chi connectivity index (χ0) is 20.1. The second kappa shape index (κ2) is 10.1. The fraction of sp³-hybridized carbons (Fsp3) is 0.389. The number of aryl methyl sites for hydroxylation is 2. The smallest absolute Gasteiger partial charge is 0.246 e. The SMILES string of the molecule is CCCC(CNc1ncccc1-c1cscn1)NS(=O)(=O)c1c(C)noc1C.Cl. The maximum absolute atomic E-state index is 12.8. The number of sulfonamides is 1. The van der Waals surface area contributed by atoms with E-state index in [-0.39, 0.29) is 29.1 Å². The van der Waals surface area contributed by atoms with Crippen molar-refractivity contribution in [1.29, 1.82) is 0 Å². The standard InChI is InChI=1S/C18H23N5O3S2.ClH/c1-4-6-14(23-28(24,25)17-12(2)22-26-13(17)3)9-20-18-15(7-5-8-19-18)16-10-27-11-21-16;/h5,7-8,10-11,14,23H,4,6,9H2,1-3H3,(H,19,20);1H. The molecule has 158 valence electrons. The van der Waals surface area contributed by atoms with Crippen molar-refractivity contribution in [1.82, 2.24) is 19.8 Å². The highest BCUT2D eigenvalue weighted by Crippen LogP contribution is 2.26. The first-order chi connectivity index (χ1) is 13.4. The predicted molar refractivity (Wildman–Crippen MR) is 116 cm³/mol. The lowest BCUT2D eigenvalue weighted by Crippen LogP contribution is -2.40. The highest BCUT2D eigenvalue weighted by molar-refractivity contribution is 7.89. The number of anilines is 1. The molecule has 0 fully saturated rings. The van der Waals surface area contributed by atoms with Gasteiger partial charge < -0.3 is 9.84 Å². The summed E-state index contributed by atoms with van der Waals surface area (Å²) in [6, 6.07) is 3.48. The van der Waals surface area contributed by atoms with Crippen molar-refractivity contribution in [2.75, 3.05) is 11.9 Å². The van der Waals surface area contributed by atoms with E-state index in [2.05, 4.69) is 25.2 Å². The van der Waals surface area contributed by atoms with Gasteiger partial charge in [0, 0.05) is 29.7 Å². The first-order valence-electron chi connectivity index (χ1n) is 8.95. The summed E-state index contributed by atoms with van der Waals surface area (Å²) < 4.78 is 33.4. The number of thiazole rings is 1. The maximum Gasteiger partial charge on any atom is 0.246 e. The van der Waals surface area contributed by atoms with E-state index in [0.29, 0.717) is 24.5 Å². The summed E-state index contributed by atoms with van der Waals surface area (Å²) in [5.74, 6) is 0.954. The molecular weight excluding hydrogens is 434 g/mol. The van der Waals surface area contributed by atoms with Crippen LogP contribution in [0.15, 0.2) is 38.6 Å². The van der Waals surface area contributed by atoms with Crippen molar-refractivity contribution in [2.24, 2.45) is 0 Å². The quantitative estimate of drug-likeness (QED) is 0.502. The first kappa shape index (κ1) is 23.3. The molecule has 8 nitrogen and oxygen atoms in total. The van der Waals surface area contributed by atoms with Crippen LogP contribution in [0.5, 0.6) is 0 Å². The molecule has 0 saturated carbocycles. The van der Waals surface area contributed by atoms with Gasteiger partial charge in [0.2, 0.25) is 10.0 Å². The molecule has 0 spiro atoms. The third kappa shape index (κ3) is 5.53. The Hall–Kier alpha value is -2.01. The fourth-order valence-electron chi connectivity index (χ4n) is 3.01. The third-order valence-electron chi connectivity index (χ3n) is 4.23. The molecule has 1 atom stereocenters. The van der Waals surface area contributed by atoms with Gasteiger partial charge in [0.15, 0.2) is 5.76 Å². The molecule has 11 heteroatoms. The van der Waals surface area contributed by atoms with Crippen molar-refractivity contribution in [3.05, 3.63) is 40.7 Å². The van der Waals surface area contributed by atoms with Crippen molar-refractivity contribution in [2.45, 2.75) is 44.6 Å². The van der Waals surface area contributed by atoms with Crippen LogP contribution in [-0.2, 0) is 10.0 Å². The summed E-state index contributed by atoms with van der Waals surface area (Å²) in [6.07, 6.45) is 3.20. The van der Waals surface area contributed by atoms with E-state index in [0.717, 1.165) is 17.7 Å². The normalized spacial score (nSPS) is 12.4. The molecule has 0 radical (unpaired) electrons.